The summed E-state index contributed by atoms with van der Waals surface area (Å²) in [5, 5.41) is 4.59. The highest BCUT2D eigenvalue weighted by Gasteiger charge is 2.15. The van der Waals surface area contributed by atoms with E-state index < -0.39 is 0 Å². The van der Waals surface area contributed by atoms with Gasteiger partial charge in [-0.15, -0.1) is 11.3 Å². The molecule has 0 aliphatic rings. The van der Waals surface area contributed by atoms with E-state index in [1.807, 2.05) is 12.3 Å². The Bertz CT molecular complexity index is 532. The molecule has 0 aliphatic carbocycles. The van der Waals surface area contributed by atoms with Gasteiger partial charge in [-0.1, -0.05) is 27.7 Å². The van der Waals surface area contributed by atoms with Crippen molar-refractivity contribution in [2.24, 2.45) is 5.92 Å². The number of pyridine rings is 1. The van der Waals surface area contributed by atoms with E-state index in [4.69, 9.17) is 4.98 Å². The summed E-state index contributed by atoms with van der Waals surface area (Å²) in [6, 6.07) is 4.03. The second-order valence-corrected chi connectivity index (χ2v) is 6.83. The number of nitrogens with zero attached hydrogens (tertiary/aromatic N) is 2. The average molecular weight is 289 g/mol. The van der Waals surface area contributed by atoms with Crippen LogP contribution in [0.1, 0.15) is 44.2 Å². The first-order valence-electron chi connectivity index (χ1n) is 7.18. The van der Waals surface area contributed by atoms with Gasteiger partial charge in [-0.2, -0.15) is 0 Å². The summed E-state index contributed by atoms with van der Waals surface area (Å²) >= 11 is 1.78. The molecule has 0 saturated heterocycles. The molecule has 108 valence electrons. The van der Waals surface area contributed by atoms with E-state index in [0.29, 0.717) is 11.8 Å². The molecule has 0 aromatic carbocycles. The lowest BCUT2D eigenvalue weighted by Gasteiger charge is -2.08. The molecule has 3 nitrogen and oxygen atoms in total. The van der Waals surface area contributed by atoms with E-state index >= 15 is 0 Å². The summed E-state index contributed by atoms with van der Waals surface area (Å²) in [5.41, 5.74) is 2.32. The fourth-order valence-electron chi connectivity index (χ4n) is 2.03. The average Bonchev–Trinajstić information content (AvgIpc) is 2.84. The zero-order valence-electron chi connectivity index (χ0n) is 12.7. The molecule has 0 bridgehead atoms. The van der Waals surface area contributed by atoms with Crippen LogP contribution in [-0.2, 0) is 6.54 Å². The highest BCUT2D eigenvalue weighted by Crippen LogP contribution is 2.31. The van der Waals surface area contributed by atoms with Crippen molar-refractivity contribution < 1.29 is 0 Å². The van der Waals surface area contributed by atoms with Crippen LogP contribution in [0.25, 0.3) is 10.6 Å². The number of hydrogen-bond donors (Lipinski definition) is 1. The summed E-state index contributed by atoms with van der Waals surface area (Å²) in [6.45, 7) is 10.8. The van der Waals surface area contributed by atoms with Gasteiger partial charge in [0, 0.05) is 29.4 Å². The molecule has 1 N–H and O–H groups in total. The molecule has 2 heterocycles. The van der Waals surface area contributed by atoms with E-state index in [-0.39, 0.29) is 0 Å². The van der Waals surface area contributed by atoms with E-state index in [1.165, 1.54) is 10.6 Å². The van der Waals surface area contributed by atoms with Crippen LogP contribution in [0, 0.1) is 5.92 Å². The molecule has 2 aromatic rings. The van der Waals surface area contributed by atoms with Gasteiger partial charge >= 0.3 is 0 Å². The molecule has 0 radical (unpaired) electrons. The summed E-state index contributed by atoms with van der Waals surface area (Å²) < 4.78 is 0. The largest absolute Gasteiger partial charge is 0.312 e. The zero-order valence-corrected chi connectivity index (χ0v) is 13.5. The Labute approximate surface area is 125 Å². The predicted octanol–water partition coefficient (Wildman–Crippen LogP) is 4.07. The van der Waals surface area contributed by atoms with Crippen LogP contribution in [0.5, 0.6) is 0 Å². The van der Waals surface area contributed by atoms with Crippen molar-refractivity contribution in [1.29, 1.82) is 0 Å². The maximum atomic E-state index is 4.82. The summed E-state index contributed by atoms with van der Waals surface area (Å²) in [6.07, 6.45) is 3.68. The second-order valence-electron chi connectivity index (χ2n) is 5.75. The molecule has 0 atom stereocenters. The Morgan fingerprint density at radius 2 is 2.05 bits per heavy atom. The second kappa shape index (κ2) is 6.95. The molecule has 4 heteroatoms. The van der Waals surface area contributed by atoms with Crippen molar-refractivity contribution in [1.82, 2.24) is 15.3 Å². The molecule has 20 heavy (non-hydrogen) atoms. The van der Waals surface area contributed by atoms with Gasteiger partial charge in [0.15, 0.2) is 0 Å². The van der Waals surface area contributed by atoms with E-state index in [2.05, 4.69) is 44.1 Å². The van der Waals surface area contributed by atoms with Gasteiger partial charge in [-0.25, -0.2) is 4.98 Å². The number of aromatic nitrogens is 2. The highest BCUT2D eigenvalue weighted by atomic mass is 32.1. The van der Waals surface area contributed by atoms with Crippen molar-refractivity contribution in [2.45, 2.75) is 40.2 Å². The Balaban J connectivity index is 2.20. The van der Waals surface area contributed by atoms with Gasteiger partial charge in [0.2, 0.25) is 0 Å². The lowest BCUT2D eigenvalue weighted by atomic mass is 10.1. The molecule has 0 fully saturated rings. The molecule has 0 unspecified atom stereocenters. The van der Waals surface area contributed by atoms with Gasteiger partial charge in [0.05, 0.1) is 5.69 Å². The van der Waals surface area contributed by atoms with Gasteiger partial charge in [0.1, 0.15) is 5.01 Å². The van der Waals surface area contributed by atoms with Crippen molar-refractivity contribution in [2.75, 3.05) is 6.54 Å². The van der Waals surface area contributed by atoms with Gasteiger partial charge in [-0.05, 0) is 30.5 Å². The molecular formula is C16H23N3S. The summed E-state index contributed by atoms with van der Waals surface area (Å²) in [5.74, 6) is 1.12. The van der Waals surface area contributed by atoms with Crippen LogP contribution >= 0.6 is 11.3 Å². The molecule has 0 saturated carbocycles. The van der Waals surface area contributed by atoms with Gasteiger partial charge < -0.3 is 5.32 Å². The summed E-state index contributed by atoms with van der Waals surface area (Å²) in [7, 11) is 0. The standard InChI is InChI=1S/C16H23N3S/c1-11(2)8-18-10-14-15(12(3)4)19-16(20-14)13-6-5-7-17-9-13/h5-7,9,11-12,18H,8,10H2,1-4H3. The van der Waals surface area contributed by atoms with E-state index in [9.17, 15) is 0 Å². The minimum absolute atomic E-state index is 0.451. The first kappa shape index (κ1) is 15.1. The van der Waals surface area contributed by atoms with Crippen molar-refractivity contribution in [3.8, 4) is 10.6 Å². The van der Waals surface area contributed by atoms with Crippen LogP contribution in [0.15, 0.2) is 24.5 Å². The third-order valence-electron chi connectivity index (χ3n) is 3.02. The number of nitrogens with one attached hydrogen (secondary N) is 1. The lowest BCUT2D eigenvalue weighted by Crippen LogP contribution is -2.19. The molecule has 2 aromatic heterocycles. The van der Waals surface area contributed by atoms with Crippen molar-refractivity contribution >= 4 is 11.3 Å². The molecule has 0 amide bonds. The predicted molar refractivity (Wildman–Crippen MR) is 86.0 cm³/mol. The van der Waals surface area contributed by atoms with Crippen LogP contribution in [-0.4, -0.2) is 16.5 Å². The number of rotatable bonds is 6. The lowest BCUT2D eigenvalue weighted by molar-refractivity contribution is 0.552. The monoisotopic (exact) mass is 289 g/mol. The normalized spacial score (nSPS) is 11.5. The van der Waals surface area contributed by atoms with E-state index in [0.717, 1.165) is 23.7 Å². The quantitative estimate of drug-likeness (QED) is 0.871. The smallest absolute Gasteiger partial charge is 0.125 e. The maximum Gasteiger partial charge on any atom is 0.125 e. The van der Waals surface area contributed by atoms with Gasteiger partial charge in [0.25, 0.3) is 0 Å². The third kappa shape index (κ3) is 3.87. The molecule has 0 aliphatic heterocycles. The van der Waals surface area contributed by atoms with E-state index in [1.54, 1.807) is 17.5 Å². The summed E-state index contributed by atoms with van der Waals surface area (Å²) in [4.78, 5) is 10.3. The van der Waals surface area contributed by atoms with Crippen molar-refractivity contribution in [3.05, 3.63) is 35.1 Å². The van der Waals surface area contributed by atoms with Crippen LogP contribution < -0.4 is 5.32 Å². The Morgan fingerprint density at radius 1 is 1.25 bits per heavy atom. The zero-order chi connectivity index (χ0) is 14.5. The first-order chi connectivity index (χ1) is 9.58. The SMILES string of the molecule is CC(C)CNCc1sc(-c2cccnc2)nc1C(C)C. The number of thiazole rings is 1. The topological polar surface area (TPSA) is 37.8 Å². The van der Waals surface area contributed by atoms with Crippen LogP contribution in [0.4, 0.5) is 0 Å². The van der Waals surface area contributed by atoms with Crippen LogP contribution in [0.2, 0.25) is 0 Å². The Kier molecular flexibility index (Phi) is 5.26. The van der Waals surface area contributed by atoms with Gasteiger partial charge in [-0.3, -0.25) is 4.98 Å². The fraction of sp³-hybridized carbons (Fsp3) is 0.500. The first-order valence-corrected chi connectivity index (χ1v) is 8.00. The fourth-order valence-corrected chi connectivity index (χ4v) is 3.20. The third-order valence-corrected chi connectivity index (χ3v) is 4.14. The maximum absolute atomic E-state index is 4.82. The molecule has 0 spiro atoms. The van der Waals surface area contributed by atoms with Crippen LogP contribution in [0.3, 0.4) is 0 Å². The highest BCUT2D eigenvalue weighted by molar-refractivity contribution is 7.15. The molecule has 2 rings (SSSR count). The molecular weight excluding hydrogens is 266 g/mol. The Morgan fingerprint density at radius 3 is 2.65 bits per heavy atom. The number of hydrogen-bond acceptors (Lipinski definition) is 4. The minimum atomic E-state index is 0.451. The van der Waals surface area contributed by atoms with Crippen molar-refractivity contribution in [3.63, 3.8) is 0 Å². The Hall–Kier alpha value is -1.26. The minimum Gasteiger partial charge on any atom is -0.312 e.